The van der Waals surface area contributed by atoms with Crippen molar-refractivity contribution in [3.05, 3.63) is 58.2 Å². The number of anilines is 1. The fraction of sp³-hybridized carbons (Fsp3) is 0.348. The van der Waals surface area contributed by atoms with Gasteiger partial charge >= 0.3 is 5.97 Å². The number of nitrogens with one attached hydrogen (secondary N) is 1. The van der Waals surface area contributed by atoms with Crippen LogP contribution in [0.25, 0.3) is 10.2 Å². The van der Waals surface area contributed by atoms with Crippen molar-refractivity contribution >= 4 is 45.1 Å². The normalized spacial score (nSPS) is 12.8. The predicted octanol–water partition coefficient (Wildman–Crippen LogP) is 4.62. The molecule has 1 aliphatic rings. The van der Waals surface area contributed by atoms with Gasteiger partial charge in [0.1, 0.15) is 27.2 Å². The molecule has 0 amide bonds. The van der Waals surface area contributed by atoms with Crippen molar-refractivity contribution in [2.24, 2.45) is 0 Å². The number of rotatable bonds is 8. The standard InChI is InChI=1S/C23H24N6O2S2/c1-3-31-23(30)20-14(2)19-21(24-12-18-28-27-17-10-7-11-29(17)18)25-16(26-22(19)33-20)13-32-15-8-5-4-6-9-15/h4-6,8-9H,3,7,10-13H2,1-2H3,(H,24,25,26). The van der Waals surface area contributed by atoms with Gasteiger partial charge in [-0.05, 0) is 38.0 Å². The number of ether oxygens (including phenoxy) is 1. The van der Waals surface area contributed by atoms with Crippen LogP contribution in [-0.4, -0.2) is 37.3 Å². The zero-order chi connectivity index (χ0) is 22.8. The third kappa shape index (κ3) is 4.45. The van der Waals surface area contributed by atoms with Crippen LogP contribution in [0.3, 0.4) is 0 Å². The van der Waals surface area contributed by atoms with Crippen molar-refractivity contribution in [1.82, 2.24) is 24.7 Å². The third-order valence-electron chi connectivity index (χ3n) is 5.51. The number of benzene rings is 1. The van der Waals surface area contributed by atoms with Gasteiger partial charge in [-0.2, -0.15) is 0 Å². The molecule has 1 aliphatic heterocycles. The van der Waals surface area contributed by atoms with Crippen LogP contribution in [0.4, 0.5) is 5.82 Å². The Morgan fingerprint density at radius 1 is 1.24 bits per heavy atom. The predicted molar refractivity (Wildman–Crippen MR) is 130 cm³/mol. The van der Waals surface area contributed by atoms with Crippen LogP contribution in [0.5, 0.6) is 0 Å². The number of carbonyl (C=O) groups is 1. The number of thiophene rings is 1. The minimum atomic E-state index is -0.320. The summed E-state index contributed by atoms with van der Waals surface area (Å²) in [7, 11) is 0. The van der Waals surface area contributed by atoms with E-state index < -0.39 is 0 Å². The maximum absolute atomic E-state index is 12.5. The maximum Gasteiger partial charge on any atom is 0.348 e. The van der Waals surface area contributed by atoms with Gasteiger partial charge in [0.2, 0.25) is 0 Å². The number of esters is 1. The molecule has 0 aliphatic carbocycles. The number of aromatic nitrogens is 5. The first-order valence-electron chi connectivity index (χ1n) is 10.9. The number of carbonyl (C=O) groups excluding carboxylic acids is 1. The first-order valence-corrected chi connectivity index (χ1v) is 12.7. The van der Waals surface area contributed by atoms with E-state index in [2.05, 4.69) is 32.2 Å². The molecule has 0 bridgehead atoms. The maximum atomic E-state index is 12.5. The Kier molecular flexibility index (Phi) is 6.28. The minimum absolute atomic E-state index is 0.320. The van der Waals surface area contributed by atoms with Crippen LogP contribution in [0.15, 0.2) is 35.2 Å². The monoisotopic (exact) mass is 480 g/mol. The molecule has 0 fully saturated rings. The molecule has 10 heteroatoms. The average molecular weight is 481 g/mol. The van der Waals surface area contributed by atoms with Gasteiger partial charge in [-0.3, -0.25) is 0 Å². The Balaban J connectivity index is 1.48. The van der Waals surface area contributed by atoms with Gasteiger partial charge in [-0.25, -0.2) is 14.8 Å². The summed E-state index contributed by atoms with van der Waals surface area (Å²) in [6.07, 6.45) is 2.07. The van der Waals surface area contributed by atoms with Crippen molar-refractivity contribution in [1.29, 1.82) is 0 Å². The highest BCUT2D eigenvalue weighted by atomic mass is 32.2. The van der Waals surface area contributed by atoms with E-state index in [9.17, 15) is 4.79 Å². The number of aryl methyl sites for hydroxylation is 2. The summed E-state index contributed by atoms with van der Waals surface area (Å²) in [5.41, 5.74) is 0.838. The van der Waals surface area contributed by atoms with Crippen LogP contribution in [0.1, 0.15) is 46.1 Å². The molecule has 4 heterocycles. The second kappa shape index (κ2) is 9.48. The van der Waals surface area contributed by atoms with Crippen LogP contribution in [0, 0.1) is 6.92 Å². The number of hydrogen-bond acceptors (Lipinski definition) is 9. The lowest BCUT2D eigenvalue weighted by Crippen LogP contribution is -2.10. The van der Waals surface area contributed by atoms with Gasteiger partial charge < -0.3 is 14.6 Å². The molecule has 33 heavy (non-hydrogen) atoms. The van der Waals surface area contributed by atoms with Gasteiger partial charge in [-0.15, -0.1) is 33.3 Å². The number of hydrogen-bond donors (Lipinski definition) is 1. The summed E-state index contributed by atoms with van der Waals surface area (Å²) in [4.78, 5) is 24.6. The van der Waals surface area contributed by atoms with E-state index in [4.69, 9.17) is 14.7 Å². The highest BCUT2D eigenvalue weighted by Crippen LogP contribution is 2.35. The number of fused-ring (bicyclic) bond motifs is 2. The largest absolute Gasteiger partial charge is 0.462 e. The minimum Gasteiger partial charge on any atom is -0.462 e. The Morgan fingerprint density at radius 2 is 2.09 bits per heavy atom. The van der Waals surface area contributed by atoms with Gasteiger partial charge in [-0.1, -0.05) is 18.2 Å². The highest BCUT2D eigenvalue weighted by Gasteiger charge is 2.22. The molecular weight excluding hydrogens is 456 g/mol. The van der Waals surface area contributed by atoms with E-state index in [1.165, 1.54) is 11.3 Å². The lowest BCUT2D eigenvalue weighted by atomic mass is 10.2. The third-order valence-corrected chi connectivity index (χ3v) is 7.68. The molecule has 170 valence electrons. The summed E-state index contributed by atoms with van der Waals surface area (Å²) >= 11 is 3.04. The molecule has 1 aromatic carbocycles. The molecule has 3 aromatic heterocycles. The SMILES string of the molecule is CCOC(=O)c1sc2nc(CSc3ccccc3)nc(NCc3nnc4n3CCC4)c2c1C. The average Bonchev–Trinajstić information content (AvgIpc) is 3.52. The zero-order valence-corrected chi connectivity index (χ0v) is 20.1. The van der Waals surface area contributed by atoms with Crippen molar-refractivity contribution in [3.63, 3.8) is 0 Å². The van der Waals surface area contributed by atoms with E-state index >= 15 is 0 Å². The summed E-state index contributed by atoms with van der Waals surface area (Å²) in [5, 5.41) is 13.0. The molecule has 1 N–H and O–H groups in total. The van der Waals surface area contributed by atoms with Crippen LogP contribution in [0.2, 0.25) is 0 Å². The van der Waals surface area contributed by atoms with E-state index in [1.54, 1.807) is 11.8 Å². The number of thioether (sulfide) groups is 1. The lowest BCUT2D eigenvalue weighted by molar-refractivity contribution is 0.0531. The number of nitrogens with zero attached hydrogens (tertiary/aromatic N) is 5. The Bertz CT molecular complexity index is 1300. The Hall–Kier alpha value is -2.98. The Labute approximate surface area is 199 Å². The van der Waals surface area contributed by atoms with E-state index in [1.807, 2.05) is 32.0 Å². The molecule has 0 saturated heterocycles. The first-order chi connectivity index (χ1) is 16.1. The summed E-state index contributed by atoms with van der Waals surface area (Å²) in [6, 6.07) is 10.2. The van der Waals surface area contributed by atoms with Crippen LogP contribution in [-0.2, 0) is 30.0 Å². The summed E-state index contributed by atoms with van der Waals surface area (Å²) in [6.45, 7) is 5.52. The van der Waals surface area contributed by atoms with Crippen molar-refractivity contribution in [2.75, 3.05) is 11.9 Å². The molecule has 0 saturated carbocycles. The van der Waals surface area contributed by atoms with E-state index in [0.29, 0.717) is 35.4 Å². The van der Waals surface area contributed by atoms with Crippen molar-refractivity contribution < 1.29 is 9.53 Å². The molecule has 8 nitrogen and oxygen atoms in total. The quantitative estimate of drug-likeness (QED) is 0.288. The van der Waals surface area contributed by atoms with Crippen molar-refractivity contribution in [2.45, 2.75) is 50.4 Å². The summed E-state index contributed by atoms with van der Waals surface area (Å²) < 4.78 is 7.43. The van der Waals surface area contributed by atoms with E-state index in [-0.39, 0.29) is 5.97 Å². The van der Waals surface area contributed by atoms with Crippen LogP contribution < -0.4 is 5.32 Å². The molecule has 4 aromatic rings. The van der Waals surface area contributed by atoms with Crippen LogP contribution >= 0.6 is 23.1 Å². The molecule has 0 atom stereocenters. The highest BCUT2D eigenvalue weighted by molar-refractivity contribution is 7.98. The van der Waals surface area contributed by atoms with E-state index in [0.717, 1.165) is 51.7 Å². The zero-order valence-electron chi connectivity index (χ0n) is 18.5. The van der Waals surface area contributed by atoms with Gasteiger partial charge in [0.05, 0.1) is 24.3 Å². The smallest absolute Gasteiger partial charge is 0.348 e. The lowest BCUT2D eigenvalue weighted by Gasteiger charge is -2.10. The second-order valence-corrected chi connectivity index (χ2v) is 9.74. The van der Waals surface area contributed by atoms with Gasteiger partial charge in [0, 0.05) is 17.9 Å². The topological polar surface area (TPSA) is 94.8 Å². The molecule has 5 rings (SSSR count). The fourth-order valence-corrected chi connectivity index (χ4v) is 5.80. The van der Waals surface area contributed by atoms with Gasteiger partial charge in [0.25, 0.3) is 0 Å². The first kappa shape index (κ1) is 21.8. The summed E-state index contributed by atoms with van der Waals surface area (Å²) in [5.74, 6) is 3.66. The fourth-order valence-electron chi connectivity index (χ4n) is 3.94. The van der Waals surface area contributed by atoms with Gasteiger partial charge in [0.15, 0.2) is 5.82 Å². The molecule has 0 spiro atoms. The molecule has 0 unspecified atom stereocenters. The molecule has 0 radical (unpaired) electrons. The Morgan fingerprint density at radius 3 is 2.91 bits per heavy atom. The van der Waals surface area contributed by atoms with Crippen molar-refractivity contribution in [3.8, 4) is 0 Å². The second-order valence-electron chi connectivity index (χ2n) is 7.69. The molecular formula is C23H24N6O2S2.